The molecule has 1 spiro atoms. The summed E-state index contributed by atoms with van der Waals surface area (Å²) in [5.41, 5.74) is 5.36. The zero-order chi connectivity index (χ0) is 25.0. The van der Waals surface area contributed by atoms with E-state index in [-0.39, 0.29) is 25.0 Å². The Morgan fingerprint density at radius 2 is 1.41 bits per heavy atom. The van der Waals surface area contributed by atoms with Gasteiger partial charge in [-0.15, -0.1) is 0 Å². The maximum absolute atomic E-state index is 12.4. The summed E-state index contributed by atoms with van der Waals surface area (Å²) in [6.45, 7) is 13.0. The van der Waals surface area contributed by atoms with Crippen LogP contribution in [0.15, 0.2) is 0 Å². The lowest BCUT2D eigenvalue weighted by molar-refractivity contribution is -0.145. The van der Waals surface area contributed by atoms with E-state index in [1.807, 2.05) is 6.92 Å². The Bertz CT molecular complexity index is 621. The largest absolute Gasteiger partial charge is 0.465 e. The van der Waals surface area contributed by atoms with Gasteiger partial charge in [0.2, 0.25) is 0 Å². The summed E-state index contributed by atoms with van der Waals surface area (Å²) in [4.78, 5) is 45.6. The van der Waals surface area contributed by atoms with Crippen LogP contribution in [-0.4, -0.2) is 148 Å². The first-order valence-electron chi connectivity index (χ1n) is 12.4. The maximum atomic E-state index is 12.4. The Kier molecular flexibility index (Phi) is 12.4. The van der Waals surface area contributed by atoms with E-state index in [9.17, 15) is 14.4 Å². The average Bonchev–Trinajstić information content (AvgIpc) is 2.95. The highest BCUT2D eigenvalue weighted by Gasteiger charge is 2.48. The molecule has 0 aliphatic carbocycles. The maximum Gasteiger partial charge on any atom is 0.320 e. The van der Waals surface area contributed by atoms with Crippen LogP contribution in [0, 0.1) is 0 Å². The molecule has 11 nitrogen and oxygen atoms in total. The van der Waals surface area contributed by atoms with Gasteiger partial charge in [-0.3, -0.25) is 29.2 Å². The molecule has 2 rings (SSSR count). The lowest BCUT2D eigenvalue weighted by Gasteiger charge is -2.54. The Balaban J connectivity index is 2.39. The Morgan fingerprint density at radius 3 is 1.88 bits per heavy atom. The average molecular weight is 486 g/mol. The molecule has 2 N–H and O–H groups in total. The highest BCUT2D eigenvalue weighted by atomic mass is 16.5. The Hall–Kier alpha value is -1.63. The standard InChI is InChI=1S/C23H43N5O6/c1-4-32-16-20(15-29)28-12-11-25(8-7-24)17-23(28)18-26(13-21(30)33-5-2)9-10-27(19-23)14-22(31)34-6-3/h15,20H,4-14,16-19,24H2,1-3H3. The van der Waals surface area contributed by atoms with Crippen LogP contribution in [0.25, 0.3) is 0 Å². The van der Waals surface area contributed by atoms with E-state index in [1.165, 1.54) is 0 Å². The number of rotatable bonds is 13. The van der Waals surface area contributed by atoms with Gasteiger partial charge in [0.15, 0.2) is 0 Å². The summed E-state index contributed by atoms with van der Waals surface area (Å²) < 4.78 is 16.1. The van der Waals surface area contributed by atoms with Crippen LogP contribution in [0.3, 0.4) is 0 Å². The highest BCUT2D eigenvalue weighted by molar-refractivity contribution is 5.72. The zero-order valence-electron chi connectivity index (χ0n) is 21.1. The molecule has 0 saturated carbocycles. The van der Waals surface area contributed by atoms with Crippen molar-refractivity contribution in [3.63, 3.8) is 0 Å². The molecule has 0 amide bonds. The van der Waals surface area contributed by atoms with Gasteiger partial charge in [-0.05, 0) is 20.8 Å². The molecular formula is C23H43N5O6. The molecule has 0 aromatic heterocycles. The third-order valence-electron chi connectivity index (χ3n) is 6.36. The first kappa shape index (κ1) is 28.6. The van der Waals surface area contributed by atoms with E-state index in [4.69, 9.17) is 19.9 Å². The normalized spacial score (nSPS) is 21.2. The van der Waals surface area contributed by atoms with E-state index in [0.717, 1.165) is 19.4 Å². The predicted molar refractivity (Wildman–Crippen MR) is 127 cm³/mol. The summed E-state index contributed by atoms with van der Waals surface area (Å²) in [6.07, 6.45) is 0.951. The summed E-state index contributed by atoms with van der Waals surface area (Å²) in [5.74, 6) is -0.558. The van der Waals surface area contributed by atoms with Gasteiger partial charge in [0.05, 0.1) is 44.5 Å². The summed E-state index contributed by atoms with van der Waals surface area (Å²) in [5, 5.41) is 0. The van der Waals surface area contributed by atoms with Gasteiger partial charge in [0, 0.05) is 65.5 Å². The first-order chi connectivity index (χ1) is 16.4. The fourth-order valence-electron chi connectivity index (χ4n) is 5.06. The molecule has 34 heavy (non-hydrogen) atoms. The molecule has 2 saturated heterocycles. The minimum atomic E-state index is -0.508. The smallest absolute Gasteiger partial charge is 0.320 e. The van der Waals surface area contributed by atoms with Gasteiger partial charge in [-0.1, -0.05) is 0 Å². The molecule has 196 valence electrons. The number of hydrogen-bond acceptors (Lipinski definition) is 11. The van der Waals surface area contributed by atoms with Crippen molar-refractivity contribution in [1.82, 2.24) is 19.6 Å². The lowest BCUT2D eigenvalue weighted by Crippen LogP contribution is -2.72. The predicted octanol–water partition coefficient (Wildman–Crippen LogP) is -1.35. The second kappa shape index (κ2) is 14.7. The van der Waals surface area contributed by atoms with Crippen LogP contribution >= 0.6 is 0 Å². The van der Waals surface area contributed by atoms with Crippen LogP contribution in [0.4, 0.5) is 0 Å². The fourth-order valence-corrected chi connectivity index (χ4v) is 5.06. The monoisotopic (exact) mass is 485 g/mol. The number of carbonyl (C=O) groups is 3. The van der Waals surface area contributed by atoms with Crippen LogP contribution in [-0.2, 0) is 28.6 Å². The minimum Gasteiger partial charge on any atom is -0.465 e. The summed E-state index contributed by atoms with van der Waals surface area (Å²) in [7, 11) is 0. The van der Waals surface area contributed by atoms with E-state index in [1.54, 1.807) is 13.8 Å². The molecule has 0 aromatic rings. The molecule has 2 heterocycles. The van der Waals surface area contributed by atoms with Crippen molar-refractivity contribution in [2.45, 2.75) is 32.4 Å². The Labute approximate surface area is 203 Å². The van der Waals surface area contributed by atoms with Gasteiger partial charge < -0.3 is 24.7 Å². The van der Waals surface area contributed by atoms with Gasteiger partial charge in [-0.2, -0.15) is 0 Å². The molecule has 0 bridgehead atoms. The second-order valence-corrected chi connectivity index (χ2v) is 8.88. The first-order valence-corrected chi connectivity index (χ1v) is 12.4. The number of aldehydes is 1. The number of esters is 2. The van der Waals surface area contributed by atoms with Crippen LogP contribution in [0.5, 0.6) is 0 Å². The van der Waals surface area contributed by atoms with Crippen molar-refractivity contribution in [2.75, 3.05) is 98.4 Å². The van der Waals surface area contributed by atoms with Crippen molar-refractivity contribution in [2.24, 2.45) is 5.73 Å². The minimum absolute atomic E-state index is 0.158. The number of nitrogens with zero attached hydrogens (tertiary/aromatic N) is 4. The molecular weight excluding hydrogens is 442 g/mol. The van der Waals surface area contributed by atoms with Crippen molar-refractivity contribution in [3.8, 4) is 0 Å². The topological polar surface area (TPSA) is 118 Å². The molecule has 2 fully saturated rings. The number of nitrogens with two attached hydrogens (primary N) is 1. The SMILES string of the molecule is CCOCC(C=O)N1CCN(CCN)CC12CN(CC(=O)OCC)CCN(CC(=O)OCC)C2. The zero-order valence-corrected chi connectivity index (χ0v) is 21.1. The van der Waals surface area contributed by atoms with Crippen LogP contribution in [0.1, 0.15) is 20.8 Å². The number of ether oxygens (including phenoxy) is 3. The van der Waals surface area contributed by atoms with Crippen molar-refractivity contribution < 1.29 is 28.6 Å². The molecule has 0 radical (unpaired) electrons. The van der Waals surface area contributed by atoms with Crippen LogP contribution in [0.2, 0.25) is 0 Å². The number of hydrogen-bond donors (Lipinski definition) is 1. The molecule has 11 heteroatoms. The number of piperazine rings is 1. The highest BCUT2D eigenvalue weighted by Crippen LogP contribution is 2.29. The third kappa shape index (κ3) is 8.24. The van der Waals surface area contributed by atoms with E-state index < -0.39 is 11.6 Å². The lowest BCUT2D eigenvalue weighted by atomic mass is 9.90. The summed E-state index contributed by atoms with van der Waals surface area (Å²) in [6, 6.07) is -0.424. The van der Waals surface area contributed by atoms with Crippen molar-refractivity contribution >= 4 is 18.2 Å². The van der Waals surface area contributed by atoms with Gasteiger partial charge >= 0.3 is 11.9 Å². The summed E-state index contributed by atoms with van der Waals surface area (Å²) >= 11 is 0. The third-order valence-corrected chi connectivity index (χ3v) is 6.36. The van der Waals surface area contributed by atoms with Crippen molar-refractivity contribution in [1.29, 1.82) is 0 Å². The molecule has 1 unspecified atom stereocenters. The van der Waals surface area contributed by atoms with Gasteiger partial charge in [-0.25, -0.2) is 0 Å². The van der Waals surface area contributed by atoms with Crippen LogP contribution < -0.4 is 5.73 Å². The van der Waals surface area contributed by atoms with E-state index in [0.29, 0.717) is 72.2 Å². The van der Waals surface area contributed by atoms with E-state index in [2.05, 4.69) is 19.6 Å². The second-order valence-electron chi connectivity index (χ2n) is 8.88. The number of carbonyl (C=O) groups excluding carboxylic acids is 3. The molecule has 1 atom stereocenters. The van der Waals surface area contributed by atoms with Crippen molar-refractivity contribution in [3.05, 3.63) is 0 Å². The fraction of sp³-hybridized carbons (Fsp3) is 0.870. The quantitative estimate of drug-likeness (QED) is 0.246. The van der Waals surface area contributed by atoms with E-state index >= 15 is 0 Å². The van der Waals surface area contributed by atoms with Gasteiger partial charge in [0.25, 0.3) is 0 Å². The molecule has 2 aliphatic heterocycles. The molecule has 0 aromatic carbocycles. The Morgan fingerprint density at radius 1 is 0.882 bits per heavy atom. The molecule has 2 aliphatic rings. The van der Waals surface area contributed by atoms with Gasteiger partial charge in [0.1, 0.15) is 6.29 Å².